The van der Waals surface area contributed by atoms with Crippen LogP contribution in [0.4, 0.5) is 5.69 Å². The molecule has 0 radical (unpaired) electrons. The van der Waals surface area contributed by atoms with Gasteiger partial charge in [-0.25, -0.2) is 4.98 Å². The molecule has 1 aromatic carbocycles. The number of fused-ring (bicyclic) bond motifs is 1. The number of ketones is 1. The van der Waals surface area contributed by atoms with Gasteiger partial charge in [-0.15, -0.1) is 17.0 Å². The molecule has 1 aromatic heterocycles. The van der Waals surface area contributed by atoms with E-state index >= 15 is 0 Å². The van der Waals surface area contributed by atoms with Crippen LogP contribution in [0.15, 0.2) is 24.3 Å². The zero-order valence-electron chi connectivity index (χ0n) is 23.7. The molecule has 2 heterocycles. The zero-order chi connectivity index (χ0) is 27.6. The third-order valence-corrected chi connectivity index (χ3v) is 7.35. The van der Waals surface area contributed by atoms with Crippen LogP contribution in [0.25, 0.3) is 0 Å². The number of unbranched alkanes of at least 4 members (excludes halogenated alkanes) is 1. The first-order valence-corrected chi connectivity index (χ1v) is 13.6. The number of anilines is 1. The average Bonchev–Trinajstić information content (AvgIpc) is 3.67. The van der Waals surface area contributed by atoms with E-state index in [2.05, 4.69) is 37.8 Å². The van der Waals surface area contributed by atoms with Gasteiger partial charge >= 0.3 is 5.97 Å². The Bertz CT molecular complexity index is 1240. The summed E-state index contributed by atoms with van der Waals surface area (Å²) in [6.07, 6.45) is 3.64. The predicted molar refractivity (Wildman–Crippen MR) is 159 cm³/mol. The Morgan fingerprint density at radius 1 is 1.21 bits per heavy atom. The Morgan fingerprint density at radius 3 is 2.54 bits per heavy atom. The Hall–Kier alpha value is -2.94. The number of pyridine rings is 1. The second-order valence-corrected chi connectivity index (χ2v) is 11.5. The summed E-state index contributed by atoms with van der Waals surface area (Å²) in [6, 6.07) is 7.95. The van der Waals surface area contributed by atoms with E-state index in [4.69, 9.17) is 20.2 Å². The van der Waals surface area contributed by atoms with Crippen LogP contribution >= 0.6 is 17.0 Å². The van der Waals surface area contributed by atoms with Gasteiger partial charge in [0, 0.05) is 54.9 Å². The van der Waals surface area contributed by atoms with Crippen molar-refractivity contribution in [2.45, 2.75) is 77.7 Å². The molecule has 0 spiro atoms. The predicted octanol–water partition coefficient (Wildman–Crippen LogP) is 5.95. The summed E-state index contributed by atoms with van der Waals surface area (Å²) in [4.78, 5) is 33.1. The van der Waals surface area contributed by atoms with Crippen molar-refractivity contribution in [1.29, 1.82) is 5.41 Å². The van der Waals surface area contributed by atoms with E-state index < -0.39 is 5.97 Å². The van der Waals surface area contributed by atoms with Crippen molar-refractivity contribution in [3.63, 3.8) is 0 Å². The van der Waals surface area contributed by atoms with Crippen molar-refractivity contribution in [1.82, 2.24) is 9.88 Å². The van der Waals surface area contributed by atoms with Crippen molar-refractivity contribution >= 4 is 40.3 Å². The van der Waals surface area contributed by atoms with Gasteiger partial charge in [-0.05, 0) is 56.2 Å². The molecule has 212 valence electrons. The topological polar surface area (TPSA) is 107 Å². The zero-order valence-corrected chi connectivity index (χ0v) is 25.4. The first kappa shape index (κ1) is 30.6. The van der Waals surface area contributed by atoms with Crippen LogP contribution in [0.3, 0.4) is 0 Å². The van der Waals surface area contributed by atoms with Crippen LogP contribution in [-0.4, -0.2) is 59.3 Å². The lowest BCUT2D eigenvalue weighted by atomic mass is 9.84. The van der Waals surface area contributed by atoms with Gasteiger partial charge in [0.1, 0.15) is 17.3 Å². The molecule has 0 bridgehead atoms. The molecule has 2 N–H and O–H groups in total. The maximum atomic E-state index is 13.6. The molecule has 0 atom stereocenters. The summed E-state index contributed by atoms with van der Waals surface area (Å²) in [5.41, 5.74) is 4.86. The number of nitrogens with one attached hydrogen (secondary N) is 1. The lowest BCUT2D eigenvalue weighted by Crippen LogP contribution is -2.31. The van der Waals surface area contributed by atoms with Crippen LogP contribution in [0.5, 0.6) is 5.75 Å². The number of amidine groups is 1. The summed E-state index contributed by atoms with van der Waals surface area (Å²) >= 11 is 0. The molecule has 1 aliphatic carbocycles. The fourth-order valence-electron chi connectivity index (χ4n) is 4.77. The van der Waals surface area contributed by atoms with Crippen molar-refractivity contribution in [2.75, 3.05) is 31.6 Å². The number of benzene rings is 1. The van der Waals surface area contributed by atoms with E-state index in [0.717, 1.165) is 47.6 Å². The van der Waals surface area contributed by atoms with Crippen LogP contribution in [0.2, 0.25) is 0 Å². The summed E-state index contributed by atoms with van der Waals surface area (Å²) in [5.74, 6) is 0.731. The molecule has 2 aliphatic rings. The number of carbonyl (C=O) groups excluding carboxylic acids is 1. The molecule has 0 saturated heterocycles. The second kappa shape index (κ2) is 12.5. The summed E-state index contributed by atoms with van der Waals surface area (Å²) in [5, 5.41) is 17.6. The standard InChI is InChI=1S/C30H40N4O4.BrH/c1-6-33(5)24-16-21(15-22(30(2,3)4)28(24)38-14-8-7-9-26(36)37)25(35)18-34-17-20-12-13-23(19-10-11-19)32-27(20)29(34)31;/h12-13,15-16,19,31H,6-11,14,17-18H2,1-5H3,(H,36,37);1H. The number of rotatable bonds is 12. The van der Waals surface area contributed by atoms with Crippen LogP contribution in [0.1, 0.15) is 98.6 Å². The molecule has 39 heavy (non-hydrogen) atoms. The smallest absolute Gasteiger partial charge is 0.303 e. The molecule has 0 amide bonds. The quantitative estimate of drug-likeness (QED) is 0.229. The van der Waals surface area contributed by atoms with Crippen molar-refractivity contribution in [2.24, 2.45) is 0 Å². The van der Waals surface area contributed by atoms with E-state index in [0.29, 0.717) is 49.0 Å². The first-order valence-electron chi connectivity index (χ1n) is 13.6. The van der Waals surface area contributed by atoms with Crippen LogP contribution < -0.4 is 9.64 Å². The number of aromatic nitrogens is 1. The number of carboxylic acid groups (broad SMARTS) is 1. The van der Waals surface area contributed by atoms with Crippen molar-refractivity contribution < 1.29 is 19.4 Å². The minimum Gasteiger partial charge on any atom is -0.491 e. The van der Waals surface area contributed by atoms with Gasteiger partial charge in [0.15, 0.2) is 5.78 Å². The van der Waals surface area contributed by atoms with E-state index in [9.17, 15) is 9.59 Å². The van der Waals surface area contributed by atoms with Gasteiger partial charge in [0.25, 0.3) is 0 Å². The maximum Gasteiger partial charge on any atom is 0.303 e. The van der Waals surface area contributed by atoms with E-state index in [1.54, 1.807) is 0 Å². The van der Waals surface area contributed by atoms with Gasteiger partial charge in [0.2, 0.25) is 0 Å². The number of hydrogen-bond donors (Lipinski definition) is 2. The maximum absolute atomic E-state index is 13.6. The van der Waals surface area contributed by atoms with E-state index in [1.165, 1.54) is 0 Å². The lowest BCUT2D eigenvalue weighted by molar-refractivity contribution is -0.137. The van der Waals surface area contributed by atoms with Crippen LogP contribution in [0, 0.1) is 5.41 Å². The Morgan fingerprint density at radius 2 is 1.92 bits per heavy atom. The average molecular weight is 602 g/mol. The molecule has 1 saturated carbocycles. The van der Waals surface area contributed by atoms with E-state index in [-0.39, 0.29) is 41.1 Å². The fraction of sp³-hybridized carbons (Fsp3) is 0.533. The highest BCUT2D eigenvalue weighted by Crippen LogP contribution is 2.41. The Labute approximate surface area is 242 Å². The molecule has 8 nitrogen and oxygen atoms in total. The lowest BCUT2D eigenvalue weighted by Gasteiger charge is -2.29. The fourth-order valence-corrected chi connectivity index (χ4v) is 4.77. The highest BCUT2D eigenvalue weighted by molar-refractivity contribution is 8.93. The third-order valence-electron chi connectivity index (χ3n) is 7.35. The van der Waals surface area contributed by atoms with Gasteiger partial charge < -0.3 is 19.6 Å². The Balaban J connectivity index is 0.00000420. The first-order chi connectivity index (χ1) is 18.0. The minimum absolute atomic E-state index is 0. The number of ether oxygens (including phenoxy) is 1. The van der Waals surface area contributed by atoms with Gasteiger partial charge in [0.05, 0.1) is 18.8 Å². The summed E-state index contributed by atoms with van der Waals surface area (Å²) < 4.78 is 6.26. The highest BCUT2D eigenvalue weighted by atomic mass is 79.9. The number of hydrogen-bond acceptors (Lipinski definition) is 6. The van der Waals surface area contributed by atoms with Gasteiger partial charge in [-0.3, -0.25) is 15.0 Å². The molecule has 1 fully saturated rings. The van der Waals surface area contributed by atoms with Gasteiger partial charge in [-0.2, -0.15) is 0 Å². The second-order valence-electron chi connectivity index (χ2n) is 11.5. The molecular formula is C30H41BrN4O4. The molecule has 9 heteroatoms. The molecule has 0 unspecified atom stereocenters. The minimum atomic E-state index is -0.803. The van der Waals surface area contributed by atoms with Crippen molar-refractivity contribution in [3.05, 3.63) is 52.3 Å². The van der Waals surface area contributed by atoms with Gasteiger partial charge in [-0.1, -0.05) is 26.8 Å². The summed E-state index contributed by atoms with van der Waals surface area (Å²) in [6.45, 7) is 10.1. The molecule has 1 aliphatic heterocycles. The SMILES string of the molecule is Br.CCN(C)c1cc(C(=O)CN2Cc3ccc(C4CC4)nc3C2=N)cc(C(C)(C)C)c1OCCCCC(=O)O. The molecular weight excluding hydrogens is 560 g/mol. The highest BCUT2D eigenvalue weighted by Gasteiger charge is 2.32. The normalized spacial score (nSPS) is 14.6. The number of aliphatic carboxylic acids is 1. The van der Waals surface area contributed by atoms with Crippen molar-refractivity contribution in [3.8, 4) is 5.75 Å². The van der Waals surface area contributed by atoms with E-state index in [1.807, 2.05) is 31.0 Å². The monoisotopic (exact) mass is 600 g/mol. The number of carboxylic acids is 1. The number of carbonyl (C=O) groups is 2. The third kappa shape index (κ3) is 7.18. The summed E-state index contributed by atoms with van der Waals surface area (Å²) in [7, 11) is 1.98. The van der Waals surface area contributed by atoms with Crippen LogP contribution in [-0.2, 0) is 16.8 Å². The number of halogens is 1. The molecule has 4 rings (SSSR count). The largest absolute Gasteiger partial charge is 0.491 e. The number of Topliss-reactive ketones (excluding diaryl/α,β-unsaturated/α-hetero) is 1. The molecule has 2 aromatic rings. The number of nitrogens with zero attached hydrogens (tertiary/aromatic N) is 3. The Kier molecular flexibility index (Phi) is 9.80.